The topological polar surface area (TPSA) is 81.7 Å². The first-order valence-electron chi connectivity index (χ1n) is 3.88. The number of amides is 2. The van der Waals surface area contributed by atoms with Crippen molar-refractivity contribution < 1.29 is 14.7 Å². The quantitative estimate of drug-likeness (QED) is 0.554. The van der Waals surface area contributed by atoms with Gasteiger partial charge in [0, 0.05) is 0 Å². The zero-order valence-electron chi connectivity index (χ0n) is 7.02. The van der Waals surface area contributed by atoms with Gasteiger partial charge in [-0.05, 0) is 12.1 Å². The van der Waals surface area contributed by atoms with Gasteiger partial charge in [0.1, 0.15) is 0 Å². The molecule has 14 heavy (non-hydrogen) atoms. The molecule has 0 saturated heterocycles. The first-order valence-corrected chi connectivity index (χ1v) is 3.88. The number of nitrogens with zero attached hydrogens (tertiary/aromatic N) is 1. The van der Waals surface area contributed by atoms with Gasteiger partial charge in [0.25, 0.3) is 5.91 Å². The van der Waals surface area contributed by atoms with Crippen molar-refractivity contribution >= 4 is 17.7 Å². The molecule has 72 valence electrons. The van der Waals surface area contributed by atoms with Gasteiger partial charge in [-0.15, -0.1) is 5.53 Å². The normalized spacial score (nSPS) is 14.6. The van der Waals surface area contributed by atoms with Crippen molar-refractivity contribution in [3.63, 3.8) is 0 Å². The highest BCUT2D eigenvalue weighted by Crippen LogP contribution is 2.20. The maximum Gasteiger partial charge on any atom is 0.428 e. The van der Waals surface area contributed by atoms with E-state index in [9.17, 15) is 9.59 Å². The number of hydrogen-bond acceptors (Lipinski definition) is 3. The van der Waals surface area contributed by atoms with E-state index in [-0.39, 0.29) is 5.91 Å². The number of carbonyl (C=O) groups is 2. The van der Waals surface area contributed by atoms with Crippen LogP contribution < -0.4 is 16.0 Å². The Bertz CT molecular complexity index is 405. The van der Waals surface area contributed by atoms with E-state index in [1.807, 2.05) is 0 Å². The van der Waals surface area contributed by atoms with E-state index in [0.29, 0.717) is 11.3 Å². The molecular formula is C8H7N3O3. The number of para-hydroxylation sites is 1. The van der Waals surface area contributed by atoms with Crippen LogP contribution in [0.5, 0.6) is 0 Å². The number of anilines is 1. The summed E-state index contributed by atoms with van der Waals surface area (Å²) in [6, 6.07) is 6.44. The van der Waals surface area contributed by atoms with Crippen LogP contribution in [0, 0.1) is 0 Å². The predicted molar refractivity (Wildman–Crippen MR) is 47.5 cm³/mol. The van der Waals surface area contributed by atoms with Gasteiger partial charge in [0.2, 0.25) is 0 Å². The fourth-order valence-electron chi connectivity index (χ4n) is 1.25. The Hall–Kier alpha value is -2.08. The average molecular weight is 193 g/mol. The van der Waals surface area contributed by atoms with Crippen molar-refractivity contribution in [2.24, 2.45) is 0 Å². The minimum Gasteiger partial charge on any atom is -0.464 e. The molecule has 0 fully saturated rings. The summed E-state index contributed by atoms with van der Waals surface area (Å²) in [6.07, 6.45) is -1.18. The Kier molecular flexibility index (Phi) is 1.83. The fourth-order valence-corrected chi connectivity index (χ4v) is 1.25. The number of benzene rings is 1. The molecule has 0 aromatic heterocycles. The van der Waals surface area contributed by atoms with Crippen LogP contribution in [0.1, 0.15) is 10.4 Å². The average Bonchev–Trinajstić information content (AvgIpc) is 2.18. The van der Waals surface area contributed by atoms with Crippen LogP contribution in [-0.2, 0) is 0 Å². The van der Waals surface area contributed by atoms with E-state index >= 15 is 0 Å². The molecule has 1 aliphatic heterocycles. The molecule has 3 N–H and O–H groups in total. The molecule has 0 unspecified atom stereocenters. The molecule has 0 aliphatic carbocycles. The molecule has 6 heteroatoms. The largest absolute Gasteiger partial charge is 0.464 e. The van der Waals surface area contributed by atoms with Crippen LogP contribution in [0.15, 0.2) is 24.3 Å². The summed E-state index contributed by atoms with van der Waals surface area (Å²) in [5.74, 6) is -0.349. The summed E-state index contributed by atoms with van der Waals surface area (Å²) in [6.45, 7) is 0. The highest BCUT2D eigenvalue weighted by Gasteiger charge is 2.25. The van der Waals surface area contributed by atoms with Gasteiger partial charge in [0.05, 0.1) is 11.3 Å². The van der Waals surface area contributed by atoms with E-state index in [2.05, 4.69) is 11.0 Å². The van der Waals surface area contributed by atoms with E-state index in [4.69, 9.17) is 5.11 Å². The van der Waals surface area contributed by atoms with Crippen molar-refractivity contribution in [3.05, 3.63) is 29.8 Å². The molecule has 0 radical (unpaired) electrons. The van der Waals surface area contributed by atoms with Gasteiger partial charge in [-0.2, -0.15) is 5.01 Å². The number of carboxylic acid groups (broad SMARTS) is 1. The second kappa shape index (κ2) is 3.00. The Labute approximate surface area is 79.1 Å². The molecule has 1 aliphatic rings. The third kappa shape index (κ3) is 1.17. The van der Waals surface area contributed by atoms with Crippen molar-refractivity contribution in [1.82, 2.24) is 11.0 Å². The molecule has 1 heterocycles. The molecule has 6 nitrogen and oxygen atoms in total. The summed E-state index contributed by atoms with van der Waals surface area (Å²) in [5.41, 5.74) is 5.13. The van der Waals surface area contributed by atoms with Crippen LogP contribution in [-0.4, -0.2) is 17.1 Å². The fraction of sp³-hybridized carbons (Fsp3) is 0. The number of carbonyl (C=O) groups excluding carboxylic acids is 1. The van der Waals surface area contributed by atoms with E-state index in [1.165, 1.54) is 0 Å². The smallest absolute Gasteiger partial charge is 0.428 e. The first kappa shape index (κ1) is 8.52. The van der Waals surface area contributed by atoms with Crippen LogP contribution in [0.2, 0.25) is 0 Å². The summed E-state index contributed by atoms with van der Waals surface area (Å²) in [5, 5.41) is 9.63. The summed E-state index contributed by atoms with van der Waals surface area (Å²) < 4.78 is 0. The van der Waals surface area contributed by atoms with Crippen molar-refractivity contribution in [1.29, 1.82) is 0 Å². The number of nitrogens with one attached hydrogen (secondary N) is 2. The van der Waals surface area contributed by atoms with Gasteiger partial charge in [0.15, 0.2) is 0 Å². The zero-order valence-corrected chi connectivity index (χ0v) is 7.02. The highest BCUT2D eigenvalue weighted by atomic mass is 16.4. The minimum absolute atomic E-state index is 0.323. The van der Waals surface area contributed by atoms with Crippen molar-refractivity contribution in [2.45, 2.75) is 0 Å². The standard InChI is InChI=1S/C8H7N3O3/c12-7-5-3-1-2-4-6(5)11(8(13)14)10-9-7/h1-4,10H,(H,9,12)(H,13,14). The maximum absolute atomic E-state index is 11.3. The number of rotatable bonds is 0. The molecule has 2 amide bonds. The van der Waals surface area contributed by atoms with Crippen LogP contribution >= 0.6 is 0 Å². The Balaban J connectivity index is 2.52. The molecule has 2 rings (SSSR count). The Morgan fingerprint density at radius 1 is 1.36 bits per heavy atom. The van der Waals surface area contributed by atoms with Gasteiger partial charge < -0.3 is 5.11 Å². The number of hydrazine groups is 2. The molecule has 0 saturated carbocycles. The minimum atomic E-state index is -1.18. The van der Waals surface area contributed by atoms with Gasteiger partial charge in [-0.25, -0.2) is 4.79 Å². The molecule has 1 aromatic carbocycles. The van der Waals surface area contributed by atoms with Crippen LogP contribution in [0.25, 0.3) is 0 Å². The van der Waals surface area contributed by atoms with Crippen LogP contribution in [0.3, 0.4) is 0 Å². The lowest BCUT2D eigenvalue weighted by Crippen LogP contribution is -2.56. The predicted octanol–water partition coefficient (Wildman–Crippen LogP) is 0.334. The van der Waals surface area contributed by atoms with E-state index in [0.717, 1.165) is 5.01 Å². The van der Waals surface area contributed by atoms with Crippen LogP contribution in [0.4, 0.5) is 10.5 Å². The number of fused-ring (bicyclic) bond motifs is 1. The SMILES string of the molecule is O=C1NNN(C(=O)O)c2ccccc21. The number of hydrogen-bond donors (Lipinski definition) is 3. The van der Waals surface area contributed by atoms with Gasteiger partial charge >= 0.3 is 6.09 Å². The third-order valence-electron chi connectivity index (χ3n) is 1.86. The Morgan fingerprint density at radius 2 is 2.07 bits per heavy atom. The second-order valence-electron chi connectivity index (χ2n) is 2.70. The highest BCUT2D eigenvalue weighted by molar-refractivity contribution is 6.04. The molecule has 0 atom stereocenters. The lowest BCUT2D eigenvalue weighted by atomic mass is 10.1. The molecule has 0 bridgehead atoms. The summed E-state index contributed by atoms with van der Waals surface area (Å²) >= 11 is 0. The second-order valence-corrected chi connectivity index (χ2v) is 2.70. The summed E-state index contributed by atoms with van der Waals surface area (Å²) in [4.78, 5) is 22.0. The van der Waals surface area contributed by atoms with Gasteiger partial charge in [-0.1, -0.05) is 12.1 Å². The van der Waals surface area contributed by atoms with Crippen molar-refractivity contribution in [2.75, 3.05) is 5.01 Å². The van der Waals surface area contributed by atoms with E-state index in [1.54, 1.807) is 24.3 Å². The van der Waals surface area contributed by atoms with Gasteiger partial charge in [-0.3, -0.25) is 10.2 Å². The van der Waals surface area contributed by atoms with E-state index < -0.39 is 6.09 Å². The molecule has 1 aromatic rings. The first-order chi connectivity index (χ1) is 6.70. The van der Waals surface area contributed by atoms with Crippen molar-refractivity contribution in [3.8, 4) is 0 Å². The maximum atomic E-state index is 11.3. The summed E-state index contributed by atoms with van der Waals surface area (Å²) in [7, 11) is 0. The molecule has 0 spiro atoms. The lowest BCUT2D eigenvalue weighted by Gasteiger charge is -2.26. The molecular weight excluding hydrogens is 186 g/mol. The lowest BCUT2D eigenvalue weighted by molar-refractivity contribution is 0.0921. The monoisotopic (exact) mass is 193 g/mol. The Morgan fingerprint density at radius 3 is 2.79 bits per heavy atom. The third-order valence-corrected chi connectivity index (χ3v) is 1.86. The zero-order chi connectivity index (χ0) is 10.1.